The molecular formula is C18H20Cl2N2O3. The highest BCUT2D eigenvalue weighted by Gasteiger charge is 2.13. The van der Waals surface area contributed by atoms with E-state index in [0.29, 0.717) is 27.2 Å². The Kier molecular flexibility index (Phi) is 6.93. The summed E-state index contributed by atoms with van der Waals surface area (Å²) in [7, 11) is 3.10. The first kappa shape index (κ1) is 19.4. The molecule has 2 N–H and O–H groups in total. The van der Waals surface area contributed by atoms with E-state index < -0.39 is 0 Å². The van der Waals surface area contributed by atoms with Gasteiger partial charge in [0, 0.05) is 22.2 Å². The highest BCUT2D eigenvalue weighted by atomic mass is 35.5. The molecule has 2 aromatic carbocycles. The first-order chi connectivity index (χ1) is 11.9. The van der Waals surface area contributed by atoms with Crippen molar-refractivity contribution < 1.29 is 14.3 Å². The molecule has 5 nitrogen and oxygen atoms in total. The van der Waals surface area contributed by atoms with Crippen LogP contribution in [0.15, 0.2) is 36.4 Å². The topological polar surface area (TPSA) is 59.6 Å². The zero-order valence-corrected chi connectivity index (χ0v) is 15.7. The summed E-state index contributed by atoms with van der Waals surface area (Å²) in [5.41, 5.74) is 1.45. The maximum absolute atomic E-state index is 12.2. The molecule has 2 aromatic rings. The van der Waals surface area contributed by atoms with Crippen molar-refractivity contribution in [2.75, 3.05) is 26.1 Å². The lowest BCUT2D eigenvalue weighted by Gasteiger charge is -2.16. The second kappa shape index (κ2) is 8.94. The SMILES string of the molecule is COc1ccc(NC(=O)CN[C@H](C)c2ccc(Cl)cc2Cl)c(OC)c1. The fourth-order valence-corrected chi connectivity index (χ4v) is 2.88. The van der Waals surface area contributed by atoms with Gasteiger partial charge in [-0.1, -0.05) is 29.3 Å². The fraction of sp³-hybridized carbons (Fsp3) is 0.278. The van der Waals surface area contributed by atoms with Gasteiger partial charge in [0.1, 0.15) is 11.5 Å². The number of carbonyl (C=O) groups is 1. The maximum Gasteiger partial charge on any atom is 0.238 e. The zero-order chi connectivity index (χ0) is 18.4. The quantitative estimate of drug-likeness (QED) is 0.749. The number of benzene rings is 2. The smallest absolute Gasteiger partial charge is 0.238 e. The Balaban J connectivity index is 1.96. The zero-order valence-electron chi connectivity index (χ0n) is 14.2. The Bertz CT molecular complexity index is 753. The fourth-order valence-electron chi connectivity index (χ4n) is 2.30. The molecule has 0 aliphatic heterocycles. The molecule has 0 bridgehead atoms. The lowest BCUT2D eigenvalue weighted by molar-refractivity contribution is -0.115. The summed E-state index contributed by atoms with van der Waals surface area (Å²) in [6.45, 7) is 2.05. The van der Waals surface area contributed by atoms with Crippen LogP contribution < -0.4 is 20.1 Å². The summed E-state index contributed by atoms with van der Waals surface area (Å²) in [5.74, 6) is 0.987. The number of carbonyl (C=O) groups excluding carboxylic acids is 1. The van der Waals surface area contributed by atoms with Crippen LogP contribution in [0.1, 0.15) is 18.5 Å². The predicted octanol–water partition coefficient (Wildman–Crippen LogP) is 4.30. The number of amides is 1. The van der Waals surface area contributed by atoms with Gasteiger partial charge in [-0.25, -0.2) is 0 Å². The van der Waals surface area contributed by atoms with Gasteiger partial charge in [0.05, 0.1) is 26.5 Å². The van der Waals surface area contributed by atoms with Crippen LogP contribution in [-0.4, -0.2) is 26.7 Å². The van der Waals surface area contributed by atoms with Crippen molar-refractivity contribution in [3.8, 4) is 11.5 Å². The van der Waals surface area contributed by atoms with E-state index in [4.69, 9.17) is 32.7 Å². The van der Waals surface area contributed by atoms with E-state index in [1.807, 2.05) is 13.0 Å². The monoisotopic (exact) mass is 382 g/mol. The van der Waals surface area contributed by atoms with Crippen LogP contribution in [0.3, 0.4) is 0 Å². The minimum absolute atomic E-state index is 0.103. The van der Waals surface area contributed by atoms with E-state index in [-0.39, 0.29) is 18.5 Å². The van der Waals surface area contributed by atoms with E-state index in [2.05, 4.69) is 10.6 Å². The Labute approximate surface area is 157 Å². The van der Waals surface area contributed by atoms with Gasteiger partial charge in [-0.05, 0) is 36.8 Å². The third-order valence-corrected chi connectivity index (χ3v) is 4.24. The van der Waals surface area contributed by atoms with Gasteiger partial charge in [0.15, 0.2) is 0 Å². The van der Waals surface area contributed by atoms with Gasteiger partial charge >= 0.3 is 0 Å². The minimum atomic E-state index is -0.194. The number of methoxy groups -OCH3 is 2. The lowest BCUT2D eigenvalue weighted by Crippen LogP contribution is -2.30. The molecule has 134 valence electrons. The molecule has 0 spiro atoms. The molecule has 1 atom stereocenters. The van der Waals surface area contributed by atoms with E-state index in [0.717, 1.165) is 5.56 Å². The first-order valence-corrected chi connectivity index (χ1v) is 8.40. The second-order valence-corrected chi connectivity index (χ2v) is 6.23. The van der Waals surface area contributed by atoms with Crippen LogP contribution in [0.25, 0.3) is 0 Å². The highest BCUT2D eigenvalue weighted by molar-refractivity contribution is 6.35. The molecule has 0 saturated heterocycles. The standard InChI is InChI=1S/C18H20Cl2N2O3/c1-11(14-6-4-12(19)8-15(14)20)21-10-18(23)22-16-7-5-13(24-2)9-17(16)25-3/h4-9,11,21H,10H2,1-3H3,(H,22,23)/t11-/m1/s1. The summed E-state index contributed by atoms with van der Waals surface area (Å²) >= 11 is 12.1. The first-order valence-electron chi connectivity index (χ1n) is 7.64. The van der Waals surface area contributed by atoms with Crippen molar-refractivity contribution in [3.05, 3.63) is 52.0 Å². The molecule has 0 aromatic heterocycles. The summed E-state index contributed by atoms with van der Waals surface area (Å²) in [5, 5.41) is 7.08. The molecule has 0 aliphatic carbocycles. The molecular weight excluding hydrogens is 363 g/mol. The largest absolute Gasteiger partial charge is 0.497 e. The Morgan fingerprint density at radius 1 is 1.12 bits per heavy atom. The third-order valence-electron chi connectivity index (χ3n) is 3.68. The predicted molar refractivity (Wildman–Crippen MR) is 101 cm³/mol. The minimum Gasteiger partial charge on any atom is -0.497 e. The lowest BCUT2D eigenvalue weighted by atomic mass is 10.1. The number of hydrogen-bond acceptors (Lipinski definition) is 4. The second-order valence-electron chi connectivity index (χ2n) is 5.38. The van der Waals surface area contributed by atoms with Crippen LogP contribution in [0, 0.1) is 0 Å². The highest BCUT2D eigenvalue weighted by Crippen LogP contribution is 2.29. The molecule has 7 heteroatoms. The van der Waals surface area contributed by atoms with E-state index in [9.17, 15) is 4.79 Å². The number of ether oxygens (including phenoxy) is 2. The van der Waals surface area contributed by atoms with Crippen molar-refractivity contribution in [2.45, 2.75) is 13.0 Å². The van der Waals surface area contributed by atoms with Gasteiger partial charge in [0.25, 0.3) is 0 Å². The molecule has 0 unspecified atom stereocenters. The van der Waals surface area contributed by atoms with Crippen molar-refractivity contribution >= 4 is 34.8 Å². The van der Waals surface area contributed by atoms with Gasteiger partial charge in [-0.2, -0.15) is 0 Å². The van der Waals surface area contributed by atoms with Crippen molar-refractivity contribution in [1.29, 1.82) is 0 Å². The van der Waals surface area contributed by atoms with Gasteiger partial charge in [0.2, 0.25) is 5.91 Å². The molecule has 0 fully saturated rings. The molecule has 0 heterocycles. The number of hydrogen-bond donors (Lipinski definition) is 2. The van der Waals surface area contributed by atoms with Crippen LogP contribution in [0.4, 0.5) is 5.69 Å². The molecule has 0 aliphatic rings. The average molecular weight is 383 g/mol. The van der Waals surface area contributed by atoms with Crippen molar-refractivity contribution in [2.24, 2.45) is 0 Å². The molecule has 25 heavy (non-hydrogen) atoms. The number of rotatable bonds is 7. The number of anilines is 1. The third kappa shape index (κ3) is 5.26. The number of nitrogens with one attached hydrogen (secondary N) is 2. The summed E-state index contributed by atoms with van der Waals surface area (Å²) in [6, 6.07) is 10.4. The maximum atomic E-state index is 12.2. The Hall–Kier alpha value is -1.95. The van der Waals surface area contributed by atoms with Gasteiger partial charge in [-0.15, -0.1) is 0 Å². The molecule has 0 radical (unpaired) electrons. The van der Waals surface area contributed by atoms with E-state index in [1.165, 1.54) is 7.11 Å². The molecule has 0 saturated carbocycles. The van der Waals surface area contributed by atoms with Crippen molar-refractivity contribution in [1.82, 2.24) is 5.32 Å². The van der Waals surface area contributed by atoms with Gasteiger partial charge in [-0.3, -0.25) is 4.79 Å². The van der Waals surface area contributed by atoms with Crippen LogP contribution >= 0.6 is 23.2 Å². The normalized spacial score (nSPS) is 11.7. The average Bonchev–Trinajstić information content (AvgIpc) is 2.60. The van der Waals surface area contributed by atoms with Crippen LogP contribution in [0.5, 0.6) is 11.5 Å². The molecule has 1 amide bonds. The van der Waals surface area contributed by atoms with Crippen LogP contribution in [0.2, 0.25) is 10.0 Å². The van der Waals surface area contributed by atoms with Crippen molar-refractivity contribution in [3.63, 3.8) is 0 Å². The molecule has 2 rings (SSSR count). The van der Waals surface area contributed by atoms with Gasteiger partial charge < -0.3 is 20.1 Å². The Morgan fingerprint density at radius 2 is 1.88 bits per heavy atom. The van der Waals surface area contributed by atoms with Crippen LogP contribution in [-0.2, 0) is 4.79 Å². The summed E-state index contributed by atoms with van der Waals surface area (Å²) in [6.07, 6.45) is 0. The number of halogens is 2. The van der Waals surface area contributed by atoms with E-state index in [1.54, 1.807) is 37.4 Å². The summed E-state index contributed by atoms with van der Waals surface area (Å²) in [4.78, 5) is 12.2. The Morgan fingerprint density at radius 3 is 2.52 bits per heavy atom. The summed E-state index contributed by atoms with van der Waals surface area (Å²) < 4.78 is 10.4. The van der Waals surface area contributed by atoms with E-state index >= 15 is 0 Å².